The van der Waals surface area contributed by atoms with E-state index in [9.17, 15) is 0 Å². The molecule has 1 aromatic heterocycles. The van der Waals surface area contributed by atoms with E-state index in [1.807, 2.05) is 54.6 Å². The van der Waals surface area contributed by atoms with E-state index >= 15 is 0 Å². The molecule has 0 atom stereocenters. The molecule has 5 nitrogen and oxygen atoms in total. The zero-order valence-electron chi connectivity index (χ0n) is 11.7. The Morgan fingerprint density at radius 3 is 2.50 bits per heavy atom. The second kappa shape index (κ2) is 6.87. The van der Waals surface area contributed by atoms with Crippen molar-refractivity contribution in [3.05, 3.63) is 71.4 Å². The maximum Gasteiger partial charge on any atom is 0.244 e. The Bertz CT molecular complexity index is 731. The number of rotatable bonds is 5. The van der Waals surface area contributed by atoms with Gasteiger partial charge in [0, 0.05) is 17.3 Å². The van der Waals surface area contributed by atoms with Crippen LogP contribution in [0.4, 0.5) is 17.5 Å². The highest BCUT2D eigenvalue weighted by molar-refractivity contribution is 6.30. The van der Waals surface area contributed by atoms with Crippen molar-refractivity contribution in [2.24, 2.45) is 0 Å². The maximum atomic E-state index is 5.86. The van der Waals surface area contributed by atoms with E-state index in [2.05, 4.69) is 25.8 Å². The van der Waals surface area contributed by atoms with Gasteiger partial charge in [-0.1, -0.05) is 41.9 Å². The number of nitrogens with one attached hydrogen (secondary N) is 2. The minimum atomic E-state index is 0.468. The van der Waals surface area contributed by atoms with Crippen molar-refractivity contribution >= 4 is 29.1 Å². The normalized spacial score (nSPS) is 10.2. The zero-order valence-corrected chi connectivity index (χ0v) is 12.5. The molecule has 0 radical (unpaired) electrons. The summed E-state index contributed by atoms with van der Waals surface area (Å²) in [6, 6.07) is 17.4. The number of para-hydroxylation sites is 1. The van der Waals surface area contributed by atoms with Crippen molar-refractivity contribution in [2.75, 3.05) is 10.6 Å². The summed E-state index contributed by atoms with van der Waals surface area (Å²) in [6.07, 6.45) is 1.58. The van der Waals surface area contributed by atoms with Crippen LogP contribution in [0.25, 0.3) is 0 Å². The fourth-order valence-electron chi connectivity index (χ4n) is 1.89. The van der Waals surface area contributed by atoms with E-state index in [0.717, 1.165) is 16.3 Å². The molecule has 0 fully saturated rings. The lowest BCUT2D eigenvalue weighted by Gasteiger charge is -2.07. The molecule has 2 aromatic carbocycles. The lowest BCUT2D eigenvalue weighted by molar-refractivity contribution is 0.949. The number of anilines is 3. The number of nitrogens with zero attached hydrogens (tertiary/aromatic N) is 3. The van der Waals surface area contributed by atoms with Crippen LogP contribution in [0.3, 0.4) is 0 Å². The standard InChI is InChI=1S/C16H14ClN5/c17-13-8-6-12(7-9-13)10-18-16-21-15(11-19-22-16)20-14-4-2-1-3-5-14/h1-9,11H,10H2,(H2,18,20,21,22). The highest BCUT2D eigenvalue weighted by Gasteiger charge is 2.01. The lowest BCUT2D eigenvalue weighted by atomic mass is 10.2. The molecule has 22 heavy (non-hydrogen) atoms. The smallest absolute Gasteiger partial charge is 0.244 e. The van der Waals surface area contributed by atoms with Gasteiger partial charge in [0.25, 0.3) is 0 Å². The van der Waals surface area contributed by atoms with Crippen LogP contribution in [0.2, 0.25) is 5.02 Å². The molecule has 3 rings (SSSR count). The van der Waals surface area contributed by atoms with Gasteiger partial charge in [-0.3, -0.25) is 0 Å². The zero-order chi connectivity index (χ0) is 15.2. The Kier molecular flexibility index (Phi) is 4.46. The Morgan fingerprint density at radius 1 is 0.955 bits per heavy atom. The van der Waals surface area contributed by atoms with Gasteiger partial charge in [0.2, 0.25) is 5.95 Å². The molecule has 1 heterocycles. The summed E-state index contributed by atoms with van der Waals surface area (Å²) in [4.78, 5) is 4.38. The molecule has 0 aliphatic rings. The molecule has 0 bridgehead atoms. The minimum Gasteiger partial charge on any atom is -0.349 e. The van der Waals surface area contributed by atoms with Crippen molar-refractivity contribution < 1.29 is 0 Å². The molecule has 0 saturated carbocycles. The van der Waals surface area contributed by atoms with E-state index in [1.165, 1.54) is 0 Å². The van der Waals surface area contributed by atoms with Crippen LogP contribution in [0.5, 0.6) is 0 Å². The summed E-state index contributed by atoms with van der Waals surface area (Å²) in [6.45, 7) is 0.605. The SMILES string of the molecule is Clc1ccc(CNc2nncc(Nc3ccccc3)n2)cc1. The molecule has 0 saturated heterocycles. The second-order valence-corrected chi connectivity index (χ2v) is 5.07. The number of halogens is 1. The summed E-state index contributed by atoms with van der Waals surface area (Å²) in [7, 11) is 0. The Hall–Kier alpha value is -2.66. The molecular formula is C16H14ClN5. The third-order valence-electron chi connectivity index (χ3n) is 2.97. The molecule has 0 spiro atoms. The molecule has 0 amide bonds. The Morgan fingerprint density at radius 2 is 1.73 bits per heavy atom. The van der Waals surface area contributed by atoms with E-state index in [4.69, 9.17) is 11.6 Å². The van der Waals surface area contributed by atoms with Gasteiger partial charge in [-0.05, 0) is 29.8 Å². The van der Waals surface area contributed by atoms with Crippen LogP contribution < -0.4 is 10.6 Å². The summed E-state index contributed by atoms with van der Waals surface area (Å²) >= 11 is 5.86. The van der Waals surface area contributed by atoms with Gasteiger partial charge in [-0.25, -0.2) is 0 Å². The van der Waals surface area contributed by atoms with Crippen LogP contribution in [-0.4, -0.2) is 15.2 Å². The first-order valence-corrected chi connectivity index (χ1v) is 7.17. The van der Waals surface area contributed by atoms with Crippen LogP contribution in [-0.2, 0) is 6.54 Å². The van der Waals surface area contributed by atoms with Gasteiger partial charge in [-0.2, -0.15) is 10.1 Å². The molecule has 110 valence electrons. The van der Waals surface area contributed by atoms with Gasteiger partial charge in [-0.15, -0.1) is 5.10 Å². The van der Waals surface area contributed by atoms with Crippen molar-refractivity contribution in [1.82, 2.24) is 15.2 Å². The molecule has 0 unspecified atom stereocenters. The summed E-state index contributed by atoms with van der Waals surface area (Å²) < 4.78 is 0. The predicted molar refractivity (Wildman–Crippen MR) is 88.3 cm³/mol. The molecular weight excluding hydrogens is 298 g/mol. The average Bonchev–Trinajstić information content (AvgIpc) is 2.56. The molecule has 3 aromatic rings. The van der Waals surface area contributed by atoms with Crippen LogP contribution in [0.1, 0.15) is 5.56 Å². The largest absolute Gasteiger partial charge is 0.349 e. The third-order valence-corrected chi connectivity index (χ3v) is 3.22. The number of aromatic nitrogens is 3. The molecule has 0 aliphatic heterocycles. The van der Waals surface area contributed by atoms with Crippen molar-refractivity contribution in [3.63, 3.8) is 0 Å². The van der Waals surface area contributed by atoms with Gasteiger partial charge < -0.3 is 10.6 Å². The van der Waals surface area contributed by atoms with Gasteiger partial charge >= 0.3 is 0 Å². The minimum absolute atomic E-state index is 0.468. The van der Waals surface area contributed by atoms with Crippen molar-refractivity contribution in [1.29, 1.82) is 0 Å². The summed E-state index contributed by atoms with van der Waals surface area (Å²) in [5, 5.41) is 15.0. The monoisotopic (exact) mass is 311 g/mol. The highest BCUT2D eigenvalue weighted by Crippen LogP contribution is 2.14. The quantitative estimate of drug-likeness (QED) is 0.748. The fraction of sp³-hybridized carbons (Fsp3) is 0.0625. The maximum absolute atomic E-state index is 5.86. The van der Waals surface area contributed by atoms with E-state index in [-0.39, 0.29) is 0 Å². The third kappa shape index (κ3) is 3.93. The topological polar surface area (TPSA) is 62.7 Å². The number of hydrogen-bond donors (Lipinski definition) is 2. The van der Waals surface area contributed by atoms with Gasteiger partial charge in [0.15, 0.2) is 5.82 Å². The first kappa shape index (κ1) is 14.3. The number of benzene rings is 2. The highest BCUT2D eigenvalue weighted by atomic mass is 35.5. The first-order chi connectivity index (χ1) is 10.8. The van der Waals surface area contributed by atoms with Gasteiger partial charge in [0.05, 0.1) is 6.20 Å². The predicted octanol–water partition coefficient (Wildman–Crippen LogP) is 3.88. The van der Waals surface area contributed by atoms with Crippen molar-refractivity contribution in [2.45, 2.75) is 6.54 Å². The number of hydrogen-bond acceptors (Lipinski definition) is 5. The van der Waals surface area contributed by atoms with Crippen LogP contribution in [0.15, 0.2) is 60.8 Å². The van der Waals surface area contributed by atoms with E-state index in [0.29, 0.717) is 18.3 Å². The molecule has 6 heteroatoms. The molecule has 0 aliphatic carbocycles. The fourth-order valence-corrected chi connectivity index (χ4v) is 2.02. The first-order valence-electron chi connectivity index (χ1n) is 6.80. The second-order valence-electron chi connectivity index (χ2n) is 4.64. The average molecular weight is 312 g/mol. The van der Waals surface area contributed by atoms with E-state index in [1.54, 1.807) is 6.20 Å². The van der Waals surface area contributed by atoms with E-state index < -0.39 is 0 Å². The van der Waals surface area contributed by atoms with Crippen LogP contribution >= 0.6 is 11.6 Å². The Balaban J connectivity index is 1.65. The van der Waals surface area contributed by atoms with Crippen molar-refractivity contribution in [3.8, 4) is 0 Å². The Labute approximate surface area is 133 Å². The summed E-state index contributed by atoms with van der Waals surface area (Å²) in [5.41, 5.74) is 2.04. The molecule has 2 N–H and O–H groups in total. The summed E-state index contributed by atoms with van der Waals surface area (Å²) in [5.74, 6) is 1.11. The van der Waals surface area contributed by atoms with Crippen LogP contribution in [0, 0.1) is 0 Å². The lowest BCUT2D eigenvalue weighted by Crippen LogP contribution is -2.06. The van der Waals surface area contributed by atoms with Gasteiger partial charge in [0.1, 0.15) is 0 Å².